The maximum absolute atomic E-state index is 13.5. The minimum atomic E-state index is -1.55. The van der Waals surface area contributed by atoms with Crippen molar-refractivity contribution in [3.63, 3.8) is 0 Å². The van der Waals surface area contributed by atoms with E-state index in [9.17, 15) is 25.0 Å². The smallest absolute Gasteiger partial charge is 0.338 e. The summed E-state index contributed by atoms with van der Waals surface area (Å²) in [7, 11) is 1.38. The van der Waals surface area contributed by atoms with E-state index in [0.717, 1.165) is 5.56 Å². The molecule has 1 N–H and O–H groups in total. The highest BCUT2D eigenvalue weighted by Crippen LogP contribution is 2.36. The molecular weight excluding hydrogens is 650 g/mol. The molecule has 0 aliphatic carbocycles. The molecule has 5 rings (SSSR count). The molecule has 0 amide bonds. The van der Waals surface area contributed by atoms with Crippen LogP contribution in [0.15, 0.2) is 96.1 Å². The van der Waals surface area contributed by atoms with Crippen molar-refractivity contribution in [1.29, 1.82) is 0 Å². The van der Waals surface area contributed by atoms with Crippen molar-refractivity contribution in [3.05, 3.63) is 118 Å². The van der Waals surface area contributed by atoms with Crippen molar-refractivity contribution in [1.82, 2.24) is 0 Å². The standard InChI is InChI=1S/C36H39N3O11/c1-21-27(38-39-37)35(44-3)47-26(20-46-33(42)24-15-9-5-10-16-24)29(21)49-36-32(48-34(43)25-17-11-6-12-18-25)31(28(41)30(50-36)22(2)40)45-19-23-13-7-4-8-14-23/h4-18,21,26-32,35-36,41H,19-20H2,1-3H3/t21-,26?,27?,28-,29+,30?,31?,32+,35+,36-/m1/s1. The van der Waals surface area contributed by atoms with Gasteiger partial charge in [-0.2, -0.15) is 0 Å². The van der Waals surface area contributed by atoms with Crippen LogP contribution in [-0.4, -0.2) is 91.8 Å². The van der Waals surface area contributed by atoms with Gasteiger partial charge in [0.05, 0.1) is 29.9 Å². The zero-order valence-electron chi connectivity index (χ0n) is 27.7. The molecule has 2 aliphatic rings. The Kier molecular flexibility index (Phi) is 12.7. The van der Waals surface area contributed by atoms with Gasteiger partial charge < -0.3 is 38.3 Å². The highest BCUT2D eigenvalue weighted by atomic mass is 16.7. The first-order chi connectivity index (χ1) is 24.2. The van der Waals surface area contributed by atoms with Gasteiger partial charge in [0.15, 0.2) is 24.5 Å². The quantitative estimate of drug-likeness (QED) is 0.116. The lowest BCUT2D eigenvalue weighted by molar-refractivity contribution is -0.336. The van der Waals surface area contributed by atoms with Gasteiger partial charge in [-0.15, -0.1) is 0 Å². The molecule has 264 valence electrons. The molecule has 4 unspecified atom stereocenters. The van der Waals surface area contributed by atoms with Gasteiger partial charge in [-0.25, -0.2) is 9.59 Å². The molecule has 0 radical (unpaired) electrons. The number of ketones is 1. The molecule has 0 bridgehead atoms. The van der Waals surface area contributed by atoms with Crippen LogP contribution >= 0.6 is 0 Å². The lowest BCUT2D eigenvalue weighted by Crippen LogP contribution is -2.64. The number of carbonyl (C=O) groups excluding carboxylic acids is 3. The fraction of sp³-hybridized carbons (Fsp3) is 0.417. The molecule has 2 heterocycles. The lowest BCUT2D eigenvalue weighted by Gasteiger charge is -2.48. The Morgan fingerprint density at radius 1 is 0.840 bits per heavy atom. The summed E-state index contributed by atoms with van der Waals surface area (Å²) in [6.45, 7) is 2.64. The molecule has 2 saturated heterocycles. The zero-order chi connectivity index (χ0) is 35.6. The summed E-state index contributed by atoms with van der Waals surface area (Å²) >= 11 is 0. The van der Waals surface area contributed by atoms with Crippen molar-refractivity contribution in [2.45, 2.75) is 75.7 Å². The van der Waals surface area contributed by atoms with Gasteiger partial charge in [0.1, 0.15) is 31.0 Å². The van der Waals surface area contributed by atoms with Crippen LogP contribution in [-0.2, 0) is 44.6 Å². The van der Waals surface area contributed by atoms with Crippen molar-refractivity contribution in [2.75, 3.05) is 13.7 Å². The van der Waals surface area contributed by atoms with E-state index in [-0.39, 0.29) is 18.8 Å². The highest BCUT2D eigenvalue weighted by Gasteiger charge is 2.54. The molecule has 3 aromatic carbocycles. The number of Topliss-reactive ketones (excluding diaryl/α,β-unsaturated/α-hetero) is 1. The number of nitrogens with zero attached hydrogens (tertiary/aromatic N) is 3. The number of carbonyl (C=O) groups is 3. The Hall–Kier alpha value is -4.66. The van der Waals surface area contributed by atoms with Crippen molar-refractivity contribution in [3.8, 4) is 0 Å². The molecule has 0 saturated carbocycles. The van der Waals surface area contributed by atoms with Crippen LogP contribution in [0.2, 0.25) is 0 Å². The normalized spacial score (nSPS) is 29.3. The minimum absolute atomic E-state index is 0.00518. The molecular formula is C36H39N3O11. The molecule has 10 atom stereocenters. The predicted octanol–water partition coefficient (Wildman–Crippen LogP) is 4.40. The Labute approximate surface area is 288 Å². The Morgan fingerprint density at radius 3 is 2.02 bits per heavy atom. The Balaban J connectivity index is 1.49. The molecule has 0 spiro atoms. The zero-order valence-corrected chi connectivity index (χ0v) is 27.7. The van der Waals surface area contributed by atoms with Gasteiger partial charge in [0.2, 0.25) is 0 Å². The summed E-state index contributed by atoms with van der Waals surface area (Å²) < 4.78 is 41.9. The van der Waals surface area contributed by atoms with Crippen LogP contribution in [0.3, 0.4) is 0 Å². The summed E-state index contributed by atoms with van der Waals surface area (Å²) in [6.07, 6.45) is -10.3. The van der Waals surface area contributed by atoms with Gasteiger partial charge >= 0.3 is 11.9 Å². The SMILES string of the molecule is CO[C@H]1OC(COC(=O)c2ccccc2)[C@@H](O[C@@H]2OC(C(C)=O)[C@@H](O)C(OCc3ccccc3)[C@@H]2OC(=O)c2ccccc2)[C@H](C)C1N=[N+]=[N-]. The average Bonchev–Trinajstić information content (AvgIpc) is 3.14. The van der Waals surface area contributed by atoms with E-state index < -0.39 is 78.9 Å². The number of azide groups is 1. The van der Waals surface area contributed by atoms with Crippen molar-refractivity contribution in [2.24, 2.45) is 11.0 Å². The molecule has 2 fully saturated rings. The van der Waals surface area contributed by atoms with E-state index in [1.807, 2.05) is 30.3 Å². The maximum atomic E-state index is 13.5. The summed E-state index contributed by atoms with van der Waals surface area (Å²) in [4.78, 5) is 42.1. The number of hydrogen-bond donors (Lipinski definition) is 1. The number of hydrogen-bond acceptors (Lipinski definition) is 12. The second kappa shape index (κ2) is 17.3. The summed E-state index contributed by atoms with van der Waals surface area (Å²) in [5.41, 5.74) is 10.6. The van der Waals surface area contributed by atoms with E-state index >= 15 is 0 Å². The van der Waals surface area contributed by atoms with Crippen LogP contribution in [0.4, 0.5) is 0 Å². The van der Waals surface area contributed by atoms with E-state index in [2.05, 4.69) is 10.0 Å². The van der Waals surface area contributed by atoms with Crippen LogP contribution in [0, 0.1) is 5.92 Å². The number of methoxy groups -OCH3 is 1. The fourth-order valence-corrected chi connectivity index (χ4v) is 5.96. The number of aliphatic hydroxyl groups excluding tert-OH is 1. The second-order valence-electron chi connectivity index (χ2n) is 11.9. The van der Waals surface area contributed by atoms with Gasteiger partial charge in [0, 0.05) is 12.0 Å². The fourth-order valence-electron chi connectivity index (χ4n) is 5.96. The Morgan fingerprint density at radius 2 is 1.44 bits per heavy atom. The van der Waals surface area contributed by atoms with Gasteiger partial charge in [0.25, 0.3) is 0 Å². The summed E-state index contributed by atoms with van der Waals surface area (Å²) in [6, 6.07) is 24.7. The van der Waals surface area contributed by atoms with Gasteiger partial charge in [-0.3, -0.25) is 4.79 Å². The third kappa shape index (κ3) is 8.73. The highest BCUT2D eigenvalue weighted by molar-refractivity contribution is 5.90. The van der Waals surface area contributed by atoms with Crippen molar-refractivity contribution < 1.29 is 52.6 Å². The van der Waals surface area contributed by atoms with Crippen LogP contribution in [0.5, 0.6) is 0 Å². The molecule has 50 heavy (non-hydrogen) atoms. The molecule has 3 aromatic rings. The molecule has 0 aromatic heterocycles. The van der Waals surface area contributed by atoms with E-state index in [1.54, 1.807) is 67.6 Å². The largest absolute Gasteiger partial charge is 0.459 e. The molecule has 2 aliphatic heterocycles. The Bertz CT molecular complexity index is 1620. The molecule has 14 heteroatoms. The van der Waals surface area contributed by atoms with Crippen molar-refractivity contribution >= 4 is 17.7 Å². The summed E-state index contributed by atoms with van der Waals surface area (Å²) in [5.74, 6) is -2.57. The number of aliphatic hydroxyl groups is 1. The minimum Gasteiger partial charge on any atom is -0.459 e. The number of benzene rings is 3. The third-order valence-electron chi connectivity index (χ3n) is 8.57. The van der Waals surface area contributed by atoms with Gasteiger partial charge in [-0.05, 0) is 48.2 Å². The summed E-state index contributed by atoms with van der Waals surface area (Å²) in [5, 5.41) is 15.3. The monoisotopic (exact) mass is 689 g/mol. The number of esters is 2. The first kappa shape index (κ1) is 36.6. The van der Waals surface area contributed by atoms with E-state index in [1.165, 1.54) is 14.0 Å². The van der Waals surface area contributed by atoms with Crippen LogP contribution in [0.1, 0.15) is 40.1 Å². The topological polar surface area (TPSA) is 185 Å². The van der Waals surface area contributed by atoms with Gasteiger partial charge in [-0.1, -0.05) is 78.8 Å². The number of rotatable bonds is 13. The lowest BCUT2D eigenvalue weighted by atomic mass is 9.88. The first-order valence-electron chi connectivity index (χ1n) is 16.1. The van der Waals surface area contributed by atoms with E-state index in [0.29, 0.717) is 5.56 Å². The number of ether oxygens (including phenoxy) is 7. The third-order valence-corrected chi connectivity index (χ3v) is 8.57. The molecule has 14 nitrogen and oxygen atoms in total. The average molecular weight is 690 g/mol. The van der Waals surface area contributed by atoms with Crippen LogP contribution < -0.4 is 0 Å². The second-order valence-corrected chi connectivity index (χ2v) is 11.9. The maximum Gasteiger partial charge on any atom is 0.338 e. The first-order valence-corrected chi connectivity index (χ1v) is 16.1. The predicted molar refractivity (Wildman–Crippen MR) is 175 cm³/mol. The van der Waals surface area contributed by atoms with Crippen LogP contribution in [0.25, 0.3) is 10.4 Å². The van der Waals surface area contributed by atoms with E-state index in [4.69, 9.17) is 33.2 Å².